The van der Waals surface area contributed by atoms with Crippen LogP contribution in [0, 0.1) is 12.7 Å². The summed E-state index contributed by atoms with van der Waals surface area (Å²) in [6.07, 6.45) is 0. The molecule has 5 nitrogen and oxygen atoms in total. The van der Waals surface area contributed by atoms with Crippen LogP contribution in [0.5, 0.6) is 5.75 Å². The Morgan fingerprint density at radius 2 is 2.04 bits per heavy atom. The van der Waals surface area contributed by atoms with E-state index in [1.807, 2.05) is 31.2 Å². The van der Waals surface area contributed by atoms with E-state index >= 15 is 0 Å². The summed E-state index contributed by atoms with van der Waals surface area (Å²) in [5, 5.41) is 7.52. The Balaban J connectivity index is 1.87. The van der Waals surface area contributed by atoms with Gasteiger partial charge in [-0.05, 0) is 48.9 Å². The molecule has 0 aliphatic carbocycles. The number of rotatable bonds is 3. The zero-order valence-electron chi connectivity index (χ0n) is 14.9. The molecule has 27 heavy (non-hydrogen) atoms. The molecule has 0 spiro atoms. The number of carbonyl (C=O) groups excluding carboxylic acids is 1. The second-order valence-corrected chi connectivity index (χ2v) is 7.35. The summed E-state index contributed by atoms with van der Waals surface area (Å²) in [6.45, 7) is 1.92. The standard InChI is InChI=1S/C20H18FN3O2S/c1-12-18-19(13-4-3-5-16(10-13)26-2)27-11-17(25)22-20(18)24(23-12)15-8-6-14(21)7-9-15/h3-10,19H,11H2,1-2H3,(H,22,25)/t19-/m0/s1. The van der Waals surface area contributed by atoms with Crippen LogP contribution in [0.3, 0.4) is 0 Å². The molecule has 4 rings (SSSR count). The van der Waals surface area contributed by atoms with Crippen molar-refractivity contribution in [2.45, 2.75) is 12.2 Å². The first-order valence-electron chi connectivity index (χ1n) is 8.47. The monoisotopic (exact) mass is 383 g/mol. The third-order valence-corrected chi connectivity index (χ3v) is 5.75. The largest absolute Gasteiger partial charge is 0.497 e. The fourth-order valence-corrected chi connectivity index (χ4v) is 4.40. The predicted octanol–water partition coefficient (Wildman–Crippen LogP) is 4.10. The Kier molecular flexibility index (Phi) is 4.61. The maximum atomic E-state index is 13.3. The fraction of sp³-hybridized carbons (Fsp3) is 0.200. The Bertz CT molecular complexity index is 1000. The maximum absolute atomic E-state index is 13.3. The second-order valence-electron chi connectivity index (χ2n) is 6.25. The number of ether oxygens (including phenoxy) is 1. The lowest BCUT2D eigenvalue weighted by Gasteiger charge is -2.16. The molecule has 1 aliphatic heterocycles. The SMILES string of the molecule is COc1cccc([C@@H]2SCC(=O)Nc3c2c(C)nn3-c2ccc(F)cc2)c1. The first-order chi connectivity index (χ1) is 13.1. The number of methoxy groups -OCH3 is 1. The number of aromatic nitrogens is 2. The van der Waals surface area contributed by atoms with Crippen molar-refractivity contribution in [2.24, 2.45) is 0 Å². The van der Waals surface area contributed by atoms with Crippen molar-refractivity contribution in [3.63, 3.8) is 0 Å². The number of hydrogen-bond acceptors (Lipinski definition) is 4. The van der Waals surface area contributed by atoms with E-state index in [9.17, 15) is 9.18 Å². The van der Waals surface area contributed by atoms with E-state index in [4.69, 9.17) is 4.74 Å². The number of fused-ring (bicyclic) bond motifs is 1. The van der Waals surface area contributed by atoms with E-state index in [-0.39, 0.29) is 17.0 Å². The van der Waals surface area contributed by atoms with Crippen LogP contribution >= 0.6 is 11.8 Å². The summed E-state index contributed by atoms with van der Waals surface area (Å²) in [5.41, 5.74) is 3.50. The normalized spacial score (nSPS) is 16.4. The fourth-order valence-electron chi connectivity index (χ4n) is 3.22. The first kappa shape index (κ1) is 17.6. The molecule has 2 aromatic carbocycles. The van der Waals surface area contributed by atoms with Crippen LogP contribution in [0.1, 0.15) is 22.1 Å². The van der Waals surface area contributed by atoms with Gasteiger partial charge in [0, 0.05) is 5.56 Å². The second kappa shape index (κ2) is 7.08. The van der Waals surface area contributed by atoms with Gasteiger partial charge in [0.2, 0.25) is 5.91 Å². The highest BCUT2D eigenvalue weighted by Crippen LogP contribution is 2.44. The first-order valence-corrected chi connectivity index (χ1v) is 9.52. The number of nitrogens with one attached hydrogen (secondary N) is 1. The van der Waals surface area contributed by atoms with Gasteiger partial charge in [0.15, 0.2) is 0 Å². The zero-order chi connectivity index (χ0) is 19.0. The number of benzene rings is 2. The molecule has 0 fully saturated rings. The third-order valence-electron chi connectivity index (χ3n) is 4.48. The Labute approximate surface area is 160 Å². The van der Waals surface area contributed by atoms with E-state index < -0.39 is 0 Å². The summed E-state index contributed by atoms with van der Waals surface area (Å²) in [5.74, 6) is 1.32. The van der Waals surface area contributed by atoms with Crippen LogP contribution < -0.4 is 10.1 Å². The van der Waals surface area contributed by atoms with Gasteiger partial charge < -0.3 is 10.1 Å². The number of anilines is 1. The lowest BCUT2D eigenvalue weighted by Crippen LogP contribution is -2.15. The average molecular weight is 383 g/mol. The Morgan fingerprint density at radius 1 is 1.26 bits per heavy atom. The van der Waals surface area contributed by atoms with Gasteiger partial charge in [-0.2, -0.15) is 5.10 Å². The molecule has 0 unspecified atom stereocenters. The molecule has 1 atom stereocenters. The minimum atomic E-state index is -0.317. The van der Waals surface area contributed by atoms with Gasteiger partial charge in [-0.25, -0.2) is 9.07 Å². The topological polar surface area (TPSA) is 56.1 Å². The van der Waals surface area contributed by atoms with E-state index in [0.717, 1.165) is 22.6 Å². The van der Waals surface area contributed by atoms with Gasteiger partial charge in [0.1, 0.15) is 17.4 Å². The molecule has 1 aliphatic rings. The molecule has 0 saturated carbocycles. The van der Waals surface area contributed by atoms with E-state index in [1.54, 1.807) is 35.7 Å². The summed E-state index contributed by atoms with van der Waals surface area (Å²) in [7, 11) is 1.63. The van der Waals surface area contributed by atoms with Crippen molar-refractivity contribution in [1.82, 2.24) is 9.78 Å². The average Bonchev–Trinajstić information content (AvgIpc) is 2.88. The summed E-state index contributed by atoms with van der Waals surface area (Å²) in [6, 6.07) is 13.9. The van der Waals surface area contributed by atoms with Crippen molar-refractivity contribution in [3.05, 3.63) is 71.2 Å². The van der Waals surface area contributed by atoms with Crippen molar-refractivity contribution >= 4 is 23.5 Å². The van der Waals surface area contributed by atoms with Crippen molar-refractivity contribution in [1.29, 1.82) is 0 Å². The Hall–Kier alpha value is -2.80. The molecule has 0 bridgehead atoms. The number of amides is 1. The Morgan fingerprint density at radius 3 is 2.78 bits per heavy atom. The van der Waals surface area contributed by atoms with Crippen LogP contribution in [-0.4, -0.2) is 28.6 Å². The number of thioether (sulfide) groups is 1. The van der Waals surface area contributed by atoms with Crippen LogP contribution in [0.15, 0.2) is 48.5 Å². The smallest absolute Gasteiger partial charge is 0.235 e. The number of aryl methyl sites for hydroxylation is 1. The molecule has 2 heterocycles. The molecule has 138 valence electrons. The van der Waals surface area contributed by atoms with Gasteiger partial charge in [0.25, 0.3) is 0 Å². The molecule has 7 heteroatoms. The summed E-state index contributed by atoms with van der Waals surface area (Å²) >= 11 is 1.55. The number of carbonyl (C=O) groups is 1. The van der Waals surface area contributed by atoms with Crippen molar-refractivity contribution in [3.8, 4) is 11.4 Å². The zero-order valence-corrected chi connectivity index (χ0v) is 15.7. The van der Waals surface area contributed by atoms with Crippen LogP contribution in [-0.2, 0) is 4.79 Å². The van der Waals surface area contributed by atoms with E-state index in [1.165, 1.54) is 12.1 Å². The molecule has 3 aromatic rings. The molecular formula is C20H18FN3O2S. The summed E-state index contributed by atoms with van der Waals surface area (Å²) in [4.78, 5) is 12.3. The quantitative estimate of drug-likeness (QED) is 0.740. The van der Waals surface area contributed by atoms with Crippen LogP contribution in [0.4, 0.5) is 10.2 Å². The van der Waals surface area contributed by atoms with Gasteiger partial charge in [0.05, 0.1) is 29.5 Å². The van der Waals surface area contributed by atoms with Gasteiger partial charge in [-0.3, -0.25) is 4.79 Å². The molecule has 1 amide bonds. The van der Waals surface area contributed by atoms with Crippen LogP contribution in [0.25, 0.3) is 5.69 Å². The van der Waals surface area contributed by atoms with Crippen molar-refractivity contribution < 1.29 is 13.9 Å². The van der Waals surface area contributed by atoms with Gasteiger partial charge in [-0.15, -0.1) is 11.8 Å². The number of halogens is 1. The molecular weight excluding hydrogens is 365 g/mol. The number of hydrogen-bond donors (Lipinski definition) is 1. The molecule has 0 radical (unpaired) electrons. The van der Waals surface area contributed by atoms with E-state index in [2.05, 4.69) is 10.4 Å². The van der Waals surface area contributed by atoms with E-state index in [0.29, 0.717) is 17.3 Å². The molecule has 0 saturated heterocycles. The van der Waals surface area contributed by atoms with Gasteiger partial charge >= 0.3 is 0 Å². The lowest BCUT2D eigenvalue weighted by atomic mass is 10.0. The third kappa shape index (κ3) is 3.30. The minimum absolute atomic E-state index is 0.0664. The predicted molar refractivity (Wildman–Crippen MR) is 104 cm³/mol. The van der Waals surface area contributed by atoms with Gasteiger partial charge in [-0.1, -0.05) is 12.1 Å². The summed E-state index contributed by atoms with van der Waals surface area (Å²) < 4.78 is 20.3. The number of nitrogens with zero attached hydrogens (tertiary/aromatic N) is 2. The lowest BCUT2D eigenvalue weighted by molar-refractivity contribution is -0.113. The highest BCUT2D eigenvalue weighted by atomic mass is 32.2. The molecule has 1 aromatic heterocycles. The highest BCUT2D eigenvalue weighted by molar-refractivity contribution is 8.00. The van der Waals surface area contributed by atoms with Crippen LogP contribution in [0.2, 0.25) is 0 Å². The maximum Gasteiger partial charge on any atom is 0.235 e. The molecule has 1 N–H and O–H groups in total. The highest BCUT2D eigenvalue weighted by Gasteiger charge is 2.30. The minimum Gasteiger partial charge on any atom is -0.497 e. The van der Waals surface area contributed by atoms with Crippen molar-refractivity contribution in [2.75, 3.05) is 18.2 Å².